The number of hydrogen-bond acceptors (Lipinski definition) is 4. The molecule has 4 nitrogen and oxygen atoms in total. The lowest BCUT2D eigenvalue weighted by molar-refractivity contribution is -0.147. The van der Waals surface area contributed by atoms with Crippen molar-refractivity contribution in [3.8, 4) is 11.1 Å². The number of ether oxygens (including phenoxy) is 1. The first-order valence-electron chi connectivity index (χ1n) is 8.34. The van der Waals surface area contributed by atoms with Crippen molar-refractivity contribution < 1.29 is 14.3 Å². The monoisotopic (exact) mass is 365 g/mol. The number of carbonyl (C=O) groups is 2. The summed E-state index contributed by atoms with van der Waals surface area (Å²) in [5, 5.41) is 4.70. The summed E-state index contributed by atoms with van der Waals surface area (Å²) in [4.78, 5) is 24.7. The molecule has 26 heavy (non-hydrogen) atoms. The van der Waals surface area contributed by atoms with E-state index in [4.69, 9.17) is 4.74 Å². The fraction of sp³-hybridized carbons (Fsp3) is 0.143. The Balaban J connectivity index is 1.43. The molecular formula is C21H19NO3S. The third-order valence-electron chi connectivity index (χ3n) is 3.80. The van der Waals surface area contributed by atoms with Crippen LogP contribution in [-0.2, 0) is 20.7 Å². The molecule has 0 radical (unpaired) electrons. The number of hydrogen-bond donors (Lipinski definition) is 1. The van der Waals surface area contributed by atoms with Crippen LogP contribution in [0.1, 0.15) is 11.3 Å². The molecule has 1 N–H and O–H groups in total. The summed E-state index contributed by atoms with van der Waals surface area (Å²) in [6.07, 6.45) is 0.915. The van der Waals surface area contributed by atoms with Crippen molar-refractivity contribution in [3.05, 3.63) is 77.0 Å². The zero-order chi connectivity index (χ0) is 18.2. The minimum atomic E-state index is -0.368. The molecule has 0 spiro atoms. The van der Waals surface area contributed by atoms with Crippen molar-refractivity contribution in [3.63, 3.8) is 0 Å². The molecule has 0 aliphatic rings. The van der Waals surface area contributed by atoms with E-state index >= 15 is 0 Å². The zero-order valence-corrected chi connectivity index (χ0v) is 15.0. The highest BCUT2D eigenvalue weighted by molar-refractivity contribution is 7.09. The SMILES string of the molecule is O=C(COC(=O)CCc1cccs1)Nc1ccc(-c2ccccc2)cc1. The molecule has 0 fully saturated rings. The van der Waals surface area contributed by atoms with Crippen LogP contribution >= 0.6 is 11.3 Å². The summed E-state index contributed by atoms with van der Waals surface area (Å²) in [7, 11) is 0. The Bertz CT molecular complexity index is 843. The van der Waals surface area contributed by atoms with E-state index in [0.29, 0.717) is 12.1 Å². The second-order valence-electron chi connectivity index (χ2n) is 5.73. The number of rotatable bonds is 7. The fourth-order valence-corrected chi connectivity index (χ4v) is 3.18. The maximum atomic E-state index is 11.9. The average Bonchev–Trinajstić information content (AvgIpc) is 3.20. The van der Waals surface area contributed by atoms with Crippen LogP contribution < -0.4 is 5.32 Å². The number of benzene rings is 2. The van der Waals surface area contributed by atoms with Gasteiger partial charge in [-0.1, -0.05) is 48.5 Å². The van der Waals surface area contributed by atoms with Crippen LogP contribution in [0.25, 0.3) is 11.1 Å². The molecule has 0 saturated heterocycles. The van der Waals surface area contributed by atoms with E-state index in [9.17, 15) is 9.59 Å². The molecule has 0 bridgehead atoms. The van der Waals surface area contributed by atoms with E-state index in [0.717, 1.165) is 16.0 Å². The van der Waals surface area contributed by atoms with E-state index in [1.165, 1.54) is 0 Å². The lowest BCUT2D eigenvalue weighted by atomic mass is 10.1. The molecule has 0 atom stereocenters. The molecule has 5 heteroatoms. The highest BCUT2D eigenvalue weighted by Crippen LogP contribution is 2.21. The smallest absolute Gasteiger partial charge is 0.306 e. The number of carbonyl (C=O) groups excluding carboxylic acids is 2. The highest BCUT2D eigenvalue weighted by atomic mass is 32.1. The van der Waals surface area contributed by atoms with E-state index < -0.39 is 0 Å². The van der Waals surface area contributed by atoms with Crippen LogP contribution in [0, 0.1) is 0 Å². The van der Waals surface area contributed by atoms with Gasteiger partial charge in [0.05, 0.1) is 6.42 Å². The van der Waals surface area contributed by atoms with Gasteiger partial charge in [0.2, 0.25) is 0 Å². The summed E-state index contributed by atoms with van der Waals surface area (Å²) in [5.74, 6) is -0.713. The van der Waals surface area contributed by atoms with Crippen molar-refractivity contribution in [2.24, 2.45) is 0 Å². The summed E-state index contributed by atoms with van der Waals surface area (Å²) in [6, 6.07) is 21.5. The number of anilines is 1. The zero-order valence-electron chi connectivity index (χ0n) is 14.2. The Morgan fingerprint density at radius 1 is 0.885 bits per heavy atom. The van der Waals surface area contributed by atoms with Crippen LogP contribution in [0.3, 0.4) is 0 Å². The molecule has 3 aromatic rings. The number of esters is 1. The first-order valence-corrected chi connectivity index (χ1v) is 9.22. The standard InChI is InChI=1S/C21H19NO3S/c23-20(15-25-21(24)13-12-19-7-4-14-26-19)22-18-10-8-17(9-11-18)16-5-2-1-3-6-16/h1-11,14H,12-13,15H2,(H,22,23). The largest absolute Gasteiger partial charge is 0.456 e. The number of nitrogens with one attached hydrogen (secondary N) is 1. The van der Waals surface area contributed by atoms with Gasteiger partial charge in [-0.2, -0.15) is 0 Å². The van der Waals surface area contributed by atoms with Crippen LogP contribution in [0.4, 0.5) is 5.69 Å². The van der Waals surface area contributed by atoms with Gasteiger partial charge in [0.1, 0.15) is 0 Å². The molecule has 1 amide bonds. The Morgan fingerprint density at radius 3 is 2.31 bits per heavy atom. The lowest BCUT2D eigenvalue weighted by Crippen LogP contribution is -2.20. The molecule has 1 aromatic heterocycles. The van der Waals surface area contributed by atoms with Gasteiger partial charge >= 0.3 is 5.97 Å². The quantitative estimate of drug-likeness (QED) is 0.626. The van der Waals surface area contributed by atoms with Gasteiger partial charge in [0.15, 0.2) is 6.61 Å². The van der Waals surface area contributed by atoms with E-state index in [1.54, 1.807) is 11.3 Å². The molecule has 0 saturated carbocycles. The van der Waals surface area contributed by atoms with Crippen LogP contribution in [0.5, 0.6) is 0 Å². The van der Waals surface area contributed by atoms with Gasteiger partial charge in [0.25, 0.3) is 5.91 Å². The Hall–Kier alpha value is -2.92. The van der Waals surface area contributed by atoms with Gasteiger partial charge < -0.3 is 10.1 Å². The number of thiophene rings is 1. The minimum absolute atomic E-state index is 0.274. The van der Waals surface area contributed by atoms with E-state index in [-0.39, 0.29) is 24.9 Å². The van der Waals surface area contributed by atoms with Crippen molar-refractivity contribution >= 4 is 28.9 Å². The van der Waals surface area contributed by atoms with Crippen molar-refractivity contribution in [2.75, 3.05) is 11.9 Å². The lowest BCUT2D eigenvalue weighted by Gasteiger charge is -2.08. The predicted octanol–water partition coefficient (Wildman–Crippen LogP) is 4.53. The van der Waals surface area contributed by atoms with Gasteiger partial charge in [-0.25, -0.2) is 0 Å². The highest BCUT2D eigenvalue weighted by Gasteiger charge is 2.09. The second-order valence-corrected chi connectivity index (χ2v) is 6.76. The summed E-state index contributed by atoms with van der Waals surface area (Å²) in [6.45, 7) is -0.274. The topological polar surface area (TPSA) is 55.4 Å². The molecule has 2 aromatic carbocycles. The third kappa shape index (κ3) is 5.29. The number of aryl methyl sites for hydroxylation is 1. The van der Waals surface area contributed by atoms with Crippen LogP contribution in [-0.4, -0.2) is 18.5 Å². The Morgan fingerprint density at radius 2 is 1.62 bits per heavy atom. The van der Waals surface area contributed by atoms with Gasteiger partial charge in [-0.15, -0.1) is 11.3 Å². The van der Waals surface area contributed by atoms with E-state index in [1.807, 2.05) is 72.1 Å². The molecule has 0 unspecified atom stereocenters. The maximum absolute atomic E-state index is 11.9. The summed E-state index contributed by atoms with van der Waals surface area (Å²) < 4.78 is 5.02. The van der Waals surface area contributed by atoms with Gasteiger partial charge in [-0.05, 0) is 41.1 Å². The van der Waals surface area contributed by atoms with Crippen molar-refractivity contribution in [2.45, 2.75) is 12.8 Å². The minimum Gasteiger partial charge on any atom is -0.456 e. The Kier molecular flexibility index (Phi) is 6.17. The molecule has 0 aliphatic carbocycles. The Labute approximate surface area is 156 Å². The van der Waals surface area contributed by atoms with Crippen LogP contribution in [0.15, 0.2) is 72.1 Å². The maximum Gasteiger partial charge on any atom is 0.306 e. The first kappa shape index (κ1) is 17.9. The second kappa shape index (κ2) is 8.97. The molecular weight excluding hydrogens is 346 g/mol. The third-order valence-corrected chi connectivity index (χ3v) is 4.73. The molecule has 1 heterocycles. The summed E-state index contributed by atoms with van der Waals surface area (Å²) >= 11 is 1.60. The van der Waals surface area contributed by atoms with Gasteiger partial charge in [0, 0.05) is 10.6 Å². The van der Waals surface area contributed by atoms with Crippen molar-refractivity contribution in [1.82, 2.24) is 0 Å². The molecule has 132 valence electrons. The molecule has 0 aliphatic heterocycles. The van der Waals surface area contributed by atoms with Crippen molar-refractivity contribution in [1.29, 1.82) is 0 Å². The number of amides is 1. The first-order chi connectivity index (χ1) is 12.7. The van der Waals surface area contributed by atoms with Crippen LogP contribution in [0.2, 0.25) is 0 Å². The average molecular weight is 365 g/mol. The van der Waals surface area contributed by atoms with Gasteiger partial charge in [-0.3, -0.25) is 9.59 Å². The normalized spacial score (nSPS) is 10.3. The van der Waals surface area contributed by atoms with E-state index in [2.05, 4.69) is 5.32 Å². The molecule has 3 rings (SSSR count). The predicted molar refractivity (Wildman–Crippen MR) is 104 cm³/mol. The summed E-state index contributed by atoms with van der Waals surface area (Å²) in [5.41, 5.74) is 2.86. The fourth-order valence-electron chi connectivity index (χ4n) is 2.47.